The van der Waals surface area contributed by atoms with Crippen molar-refractivity contribution in [2.75, 3.05) is 0 Å². The first-order chi connectivity index (χ1) is 8.88. The number of hydrogen-bond donors (Lipinski definition) is 0. The van der Waals surface area contributed by atoms with Crippen molar-refractivity contribution in [2.24, 2.45) is 0 Å². The molecule has 2 fully saturated rings. The van der Waals surface area contributed by atoms with Crippen LogP contribution in [0.2, 0.25) is 0 Å². The Labute approximate surface area is 130 Å². The van der Waals surface area contributed by atoms with E-state index in [0.717, 1.165) is 29.4 Å². The molecule has 1 atom stereocenters. The third-order valence-electron chi connectivity index (χ3n) is 3.44. The van der Waals surface area contributed by atoms with Crippen LogP contribution in [0.3, 0.4) is 0 Å². The summed E-state index contributed by atoms with van der Waals surface area (Å²) >= 11 is 0. The zero-order chi connectivity index (χ0) is 12.6. The average molecular weight is 318 g/mol. The van der Waals surface area contributed by atoms with Gasteiger partial charge in [0, 0.05) is 22.0 Å². The van der Waals surface area contributed by atoms with Gasteiger partial charge in [-0.1, -0.05) is 56.7 Å². The van der Waals surface area contributed by atoms with Gasteiger partial charge in [0.15, 0.2) is 0 Å². The van der Waals surface area contributed by atoms with Crippen LogP contribution >= 0.6 is 0 Å². The van der Waals surface area contributed by atoms with Crippen molar-refractivity contribution in [3.05, 3.63) is 42.0 Å². The van der Waals surface area contributed by atoms with Crippen LogP contribution in [0.4, 0.5) is 0 Å². The molecule has 0 unspecified atom stereocenters. The van der Waals surface area contributed by atoms with Gasteiger partial charge < -0.3 is 0 Å². The van der Waals surface area contributed by atoms with Crippen molar-refractivity contribution in [3.63, 3.8) is 0 Å². The van der Waals surface area contributed by atoms with Gasteiger partial charge in [-0.25, -0.2) is 0 Å². The zero-order valence-electron chi connectivity index (χ0n) is 11.3. The first-order valence-electron chi connectivity index (χ1n) is 7.04. The molecule has 0 N–H and O–H groups in total. The van der Waals surface area contributed by atoms with Gasteiger partial charge in [0.05, 0.1) is 16.0 Å². The zero-order valence-corrected chi connectivity index (χ0v) is 13.2. The largest absolute Gasteiger partial charge is 0.254 e. The normalized spacial score (nSPS) is 20.2. The number of benzene rings is 1. The maximum atomic E-state index is 11.9. The Morgan fingerprint density at radius 1 is 0.842 bits per heavy atom. The maximum Gasteiger partial charge on any atom is 0.0714 e. The molecular weight excluding hydrogens is 296 g/mol. The van der Waals surface area contributed by atoms with E-state index in [4.69, 9.17) is 0 Å². The van der Waals surface area contributed by atoms with Crippen molar-refractivity contribution in [2.45, 2.75) is 56.3 Å². The summed E-state index contributed by atoms with van der Waals surface area (Å²) in [5.41, 5.74) is 0. The second-order valence-electron chi connectivity index (χ2n) is 4.91. The third kappa shape index (κ3) is 5.81. The molecular formula is C16H22FeOS. The van der Waals surface area contributed by atoms with E-state index < -0.39 is 10.8 Å². The molecule has 0 aromatic heterocycles. The van der Waals surface area contributed by atoms with Crippen molar-refractivity contribution in [3.8, 4) is 0 Å². The van der Waals surface area contributed by atoms with Gasteiger partial charge in [-0.15, -0.1) is 0 Å². The first-order valence-corrected chi connectivity index (χ1v) is 8.19. The van der Waals surface area contributed by atoms with Crippen LogP contribution in [-0.2, 0) is 27.9 Å². The predicted octanol–water partition coefficient (Wildman–Crippen LogP) is 4.66. The molecule has 0 bridgehead atoms. The summed E-state index contributed by atoms with van der Waals surface area (Å²) < 4.78 is 11.9. The summed E-state index contributed by atoms with van der Waals surface area (Å²) in [6.07, 6.45) is 12.9. The minimum absolute atomic E-state index is 0. The van der Waals surface area contributed by atoms with E-state index in [9.17, 15) is 4.21 Å². The summed E-state index contributed by atoms with van der Waals surface area (Å²) in [5, 5.41) is 1.10. The third-order valence-corrected chi connectivity index (χ3v) is 4.99. The fourth-order valence-corrected chi connectivity index (χ4v) is 3.70. The van der Waals surface area contributed by atoms with Crippen molar-refractivity contribution in [1.29, 1.82) is 0 Å². The van der Waals surface area contributed by atoms with Crippen LogP contribution in [0.1, 0.15) is 51.4 Å². The molecule has 19 heavy (non-hydrogen) atoms. The van der Waals surface area contributed by atoms with E-state index in [2.05, 4.69) is 6.42 Å². The summed E-state index contributed by atoms with van der Waals surface area (Å²) in [6.45, 7) is 0. The molecule has 1 nitrogen and oxygen atoms in total. The Kier molecular flexibility index (Phi) is 8.69. The predicted molar refractivity (Wildman–Crippen MR) is 77.3 cm³/mol. The fourth-order valence-electron chi connectivity index (χ4n) is 2.39. The molecule has 2 aliphatic carbocycles. The molecule has 0 spiro atoms. The van der Waals surface area contributed by atoms with Crippen LogP contribution in [0, 0.1) is 11.7 Å². The van der Waals surface area contributed by atoms with Gasteiger partial charge in [0.25, 0.3) is 0 Å². The monoisotopic (exact) mass is 318 g/mol. The molecule has 0 aliphatic heterocycles. The van der Waals surface area contributed by atoms with Crippen LogP contribution in [-0.4, -0.2) is 4.21 Å². The maximum absolute atomic E-state index is 11.9. The fraction of sp³-hybridized carbons (Fsp3) is 0.500. The Balaban J connectivity index is 0.000000256. The summed E-state index contributed by atoms with van der Waals surface area (Å²) in [4.78, 5) is 0.927. The molecule has 2 radical (unpaired) electrons. The number of rotatable bonds is 2. The Morgan fingerprint density at radius 3 is 1.89 bits per heavy atom. The molecule has 3 heteroatoms. The molecule has 2 aliphatic rings. The summed E-state index contributed by atoms with van der Waals surface area (Å²) in [7, 11) is -0.898. The Bertz CT molecular complexity index is 349. The van der Waals surface area contributed by atoms with Crippen molar-refractivity contribution < 1.29 is 21.3 Å². The first kappa shape index (κ1) is 16.9. The molecule has 1 aromatic carbocycles. The van der Waals surface area contributed by atoms with Gasteiger partial charge in [-0.2, -0.15) is 0 Å². The average Bonchev–Trinajstić information content (AvgIpc) is 3.14. The van der Waals surface area contributed by atoms with Gasteiger partial charge in [-0.3, -0.25) is 4.21 Å². The summed E-state index contributed by atoms with van der Waals surface area (Å²) in [6, 6.07) is 9.67. The van der Waals surface area contributed by atoms with Gasteiger partial charge in [0.2, 0.25) is 0 Å². The van der Waals surface area contributed by atoms with E-state index in [0.29, 0.717) is 0 Å². The SMILES string of the molecule is C1CCCC1.O=[S@]([C]1[CH]CCC1)c1ccccc1.[Fe]. The van der Waals surface area contributed by atoms with Crippen LogP contribution < -0.4 is 0 Å². The van der Waals surface area contributed by atoms with Crippen LogP contribution in [0.5, 0.6) is 0 Å². The Hall–Kier alpha value is -0.111. The van der Waals surface area contributed by atoms with Crippen molar-refractivity contribution in [1.82, 2.24) is 0 Å². The smallest absolute Gasteiger partial charge is 0.0714 e. The van der Waals surface area contributed by atoms with E-state index in [-0.39, 0.29) is 17.1 Å². The van der Waals surface area contributed by atoms with E-state index >= 15 is 0 Å². The topological polar surface area (TPSA) is 17.1 Å². The minimum atomic E-state index is -0.898. The molecule has 0 saturated heterocycles. The second kappa shape index (κ2) is 9.74. The van der Waals surface area contributed by atoms with Crippen LogP contribution in [0.25, 0.3) is 0 Å². The Morgan fingerprint density at radius 2 is 1.42 bits per heavy atom. The minimum Gasteiger partial charge on any atom is -0.254 e. The van der Waals surface area contributed by atoms with E-state index in [1.807, 2.05) is 30.3 Å². The van der Waals surface area contributed by atoms with Crippen molar-refractivity contribution >= 4 is 10.8 Å². The molecule has 3 rings (SSSR count). The van der Waals surface area contributed by atoms with Crippen LogP contribution in [0.15, 0.2) is 35.2 Å². The molecule has 1 aromatic rings. The molecule has 0 amide bonds. The standard InChI is InChI=1S/C11H12OS.C5H10.Fe/c12-13(11-8-4-5-9-11)10-6-2-1-3-7-10;1-2-4-5-3-1;/h1-3,6-8H,4-5,9H2;1-5H2;/t13-;;/m0../s1. The summed E-state index contributed by atoms with van der Waals surface area (Å²) in [5.74, 6) is 0. The van der Waals surface area contributed by atoms with E-state index in [1.54, 1.807) is 0 Å². The molecule has 106 valence electrons. The van der Waals surface area contributed by atoms with Gasteiger partial charge in [0.1, 0.15) is 0 Å². The molecule has 0 heterocycles. The second-order valence-corrected chi connectivity index (χ2v) is 6.45. The van der Waals surface area contributed by atoms with Gasteiger partial charge >= 0.3 is 0 Å². The quantitative estimate of drug-likeness (QED) is 0.725. The molecule has 2 saturated carbocycles. The number of hydrogen-bond acceptors (Lipinski definition) is 1. The van der Waals surface area contributed by atoms with Gasteiger partial charge in [-0.05, 0) is 31.4 Å². The van der Waals surface area contributed by atoms with E-state index in [1.165, 1.54) is 32.1 Å².